The third-order valence-electron chi connectivity index (χ3n) is 2.92. The first kappa shape index (κ1) is 22.2. The third-order valence-corrected chi connectivity index (χ3v) is 5.56. The van der Waals surface area contributed by atoms with E-state index in [1.807, 2.05) is 13.8 Å². The maximum absolute atomic E-state index is 12.1. The summed E-state index contributed by atoms with van der Waals surface area (Å²) in [5, 5.41) is 0. The number of esters is 2. The minimum absolute atomic E-state index is 0.0415. The second-order valence-electron chi connectivity index (χ2n) is 5.11. The van der Waals surface area contributed by atoms with E-state index >= 15 is 0 Å². The molecule has 0 aromatic heterocycles. The van der Waals surface area contributed by atoms with Gasteiger partial charge in [0.2, 0.25) is 12.2 Å². The lowest BCUT2D eigenvalue weighted by atomic mass is 10.2. The SMILES string of the molecule is CCCCOC(=O)[C@@H]1OP(=O)(O)OP(=O)(O)O[C@H]1C(=O)OCCCC. The molecule has 13 heteroatoms. The van der Waals surface area contributed by atoms with E-state index < -0.39 is 39.8 Å². The van der Waals surface area contributed by atoms with Gasteiger partial charge in [-0.25, -0.2) is 18.7 Å². The predicted octanol–water partition coefficient (Wildman–Crippen LogP) is 1.67. The van der Waals surface area contributed by atoms with Crippen LogP contribution >= 0.6 is 15.6 Å². The second kappa shape index (κ2) is 9.78. The fraction of sp³-hybridized carbons (Fsp3) is 0.833. The van der Waals surface area contributed by atoms with Gasteiger partial charge in [0.25, 0.3) is 0 Å². The van der Waals surface area contributed by atoms with Gasteiger partial charge in [0.15, 0.2) is 0 Å². The average Bonchev–Trinajstić information content (AvgIpc) is 2.59. The molecule has 1 aliphatic rings. The van der Waals surface area contributed by atoms with Crippen LogP contribution in [0.3, 0.4) is 0 Å². The van der Waals surface area contributed by atoms with Crippen molar-refractivity contribution in [3.05, 3.63) is 0 Å². The zero-order valence-corrected chi connectivity index (χ0v) is 15.6. The largest absolute Gasteiger partial charge is 0.482 e. The number of hydrogen-bond donors (Lipinski definition) is 2. The summed E-state index contributed by atoms with van der Waals surface area (Å²) in [5.74, 6) is -2.43. The highest BCUT2D eigenvalue weighted by Gasteiger charge is 2.53. The van der Waals surface area contributed by atoms with Crippen LogP contribution < -0.4 is 0 Å². The van der Waals surface area contributed by atoms with Crippen LogP contribution in [-0.4, -0.2) is 47.1 Å². The summed E-state index contributed by atoms with van der Waals surface area (Å²) in [7, 11) is -10.3. The first-order valence-electron chi connectivity index (χ1n) is 7.69. The van der Waals surface area contributed by atoms with Crippen molar-refractivity contribution in [2.75, 3.05) is 13.2 Å². The fourth-order valence-corrected chi connectivity index (χ4v) is 4.02. The fourth-order valence-electron chi connectivity index (χ4n) is 1.70. The molecule has 1 fully saturated rings. The average molecular weight is 404 g/mol. The minimum Gasteiger partial charge on any atom is -0.464 e. The molecule has 0 bridgehead atoms. The molecule has 2 N–H and O–H groups in total. The summed E-state index contributed by atoms with van der Waals surface area (Å²) in [6, 6.07) is 0. The summed E-state index contributed by atoms with van der Waals surface area (Å²) >= 11 is 0. The molecule has 146 valence electrons. The Labute approximate surface area is 144 Å². The van der Waals surface area contributed by atoms with Crippen LogP contribution in [0.1, 0.15) is 39.5 Å². The van der Waals surface area contributed by atoms with Crippen molar-refractivity contribution < 1.29 is 51.3 Å². The van der Waals surface area contributed by atoms with Crippen LogP contribution in [0.25, 0.3) is 0 Å². The van der Waals surface area contributed by atoms with E-state index in [1.165, 1.54) is 0 Å². The number of hydrogen-bond acceptors (Lipinski definition) is 9. The number of carbonyl (C=O) groups is 2. The molecule has 0 saturated carbocycles. The molecule has 0 aliphatic carbocycles. The number of carbonyl (C=O) groups excluding carboxylic acids is 2. The van der Waals surface area contributed by atoms with E-state index in [1.54, 1.807) is 0 Å². The summed E-state index contributed by atoms with van der Waals surface area (Å²) in [6.45, 7) is 3.59. The monoisotopic (exact) mass is 404 g/mol. The molecule has 0 amide bonds. The Morgan fingerprint density at radius 2 is 1.24 bits per heavy atom. The molecule has 0 radical (unpaired) electrons. The first-order valence-corrected chi connectivity index (χ1v) is 10.7. The van der Waals surface area contributed by atoms with Crippen molar-refractivity contribution in [3.63, 3.8) is 0 Å². The summed E-state index contributed by atoms with van der Waals surface area (Å²) in [6.07, 6.45) is -1.79. The van der Waals surface area contributed by atoms with Gasteiger partial charge in [-0.1, -0.05) is 26.7 Å². The molecule has 11 nitrogen and oxygen atoms in total. The van der Waals surface area contributed by atoms with Gasteiger partial charge in [-0.3, -0.25) is 9.05 Å². The molecular formula is C12H22O11P2. The van der Waals surface area contributed by atoms with Crippen LogP contribution in [-0.2, 0) is 41.6 Å². The highest BCUT2D eigenvalue weighted by molar-refractivity contribution is 7.61. The van der Waals surface area contributed by atoms with E-state index in [2.05, 4.69) is 13.4 Å². The smallest absolute Gasteiger partial charge is 0.464 e. The van der Waals surface area contributed by atoms with Crippen molar-refractivity contribution in [3.8, 4) is 0 Å². The Kier molecular flexibility index (Phi) is 8.70. The molecule has 2 unspecified atom stereocenters. The molecule has 1 rings (SSSR count). The maximum atomic E-state index is 12.1. The van der Waals surface area contributed by atoms with Crippen molar-refractivity contribution in [1.82, 2.24) is 0 Å². The summed E-state index contributed by atoms with van der Waals surface area (Å²) in [4.78, 5) is 43.0. The normalized spacial score (nSPS) is 32.6. The molecule has 25 heavy (non-hydrogen) atoms. The Bertz CT molecular complexity index is 515. The standard InChI is InChI=1S/C12H22O11P2/c1-3-5-7-19-11(13)9-10(12(14)20-8-6-4-2)22-25(17,18)23-24(15,16)21-9/h9-10H,3-8H2,1-2H3,(H,15,16)(H,17,18)/t9-,10-/m1/s1. The minimum atomic E-state index is -5.16. The Morgan fingerprint density at radius 1 is 0.880 bits per heavy atom. The summed E-state index contributed by atoms with van der Waals surface area (Å²) in [5.41, 5.74) is 0. The lowest BCUT2D eigenvalue weighted by molar-refractivity contribution is -0.169. The van der Waals surface area contributed by atoms with Crippen LogP contribution in [0.5, 0.6) is 0 Å². The molecule has 4 atom stereocenters. The van der Waals surface area contributed by atoms with E-state index in [0.717, 1.165) is 0 Å². The molecule has 1 heterocycles. The molecule has 0 aromatic carbocycles. The Morgan fingerprint density at radius 3 is 1.56 bits per heavy atom. The van der Waals surface area contributed by atoms with Crippen molar-refractivity contribution in [1.29, 1.82) is 0 Å². The van der Waals surface area contributed by atoms with Crippen LogP contribution in [0.4, 0.5) is 0 Å². The number of phosphoric ester groups is 2. The van der Waals surface area contributed by atoms with Gasteiger partial charge < -0.3 is 19.3 Å². The van der Waals surface area contributed by atoms with Crippen LogP contribution in [0.15, 0.2) is 0 Å². The van der Waals surface area contributed by atoms with Gasteiger partial charge in [0.05, 0.1) is 13.2 Å². The van der Waals surface area contributed by atoms with E-state index in [0.29, 0.717) is 25.7 Å². The van der Waals surface area contributed by atoms with E-state index in [9.17, 15) is 28.5 Å². The van der Waals surface area contributed by atoms with Crippen LogP contribution in [0, 0.1) is 0 Å². The zero-order valence-electron chi connectivity index (χ0n) is 13.9. The van der Waals surface area contributed by atoms with Crippen molar-refractivity contribution in [2.24, 2.45) is 0 Å². The van der Waals surface area contributed by atoms with Gasteiger partial charge in [-0.15, -0.1) is 0 Å². The maximum Gasteiger partial charge on any atom is 0.482 e. The molecular weight excluding hydrogens is 382 g/mol. The second-order valence-corrected chi connectivity index (χ2v) is 8.06. The molecule has 0 aromatic rings. The lowest BCUT2D eigenvalue weighted by Crippen LogP contribution is -2.43. The lowest BCUT2D eigenvalue weighted by Gasteiger charge is -2.21. The van der Waals surface area contributed by atoms with E-state index in [4.69, 9.17) is 9.47 Å². The van der Waals surface area contributed by atoms with Gasteiger partial charge >= 0.3 is 27.6 Å². The Hall–Kier alpha value is -0.800. The van der Waals surface area contributed by atoms with Gasteiger partial charge in [0.1, 0.15) is 0 Å². The highest BCUT2D eigenvalue weighted by Crippen LogP contribution is 2.64. The first-order chi connectivity index (χ1) is 11.6. The molecule has 1 saturated heterocycles. The topological polar surface area (TPSA) is 155 Å². The quantitative estimate of drug-likeness (QED) is 0.345. The van der Waals surface area contributed by atoms with Crippen molar-refractivity contribution in [2.45, 2.75) is 51.7 Å². The third kappa shape index (κ3) is 7.53. The Balaban J connectivity index is 3.01. The zero-order chi connectivity index (χ0) is 19.1. The summed E-state index contributed by atoms with van der Waals surface area (Å²) < 4.78 is 46.0. The predicted molar refractivity (Wildman–Crippen MR) is 82.2 cm³/mol. The number of rotatable bonds is 8. The van der Waals surface area contributed by atoms with Crippen molar-refractivity contribution >= 4 is 27.6 Å². The number of ether oxygens (including phenoxy) is 2. The number of unbranched alkanes of at least 4 members (excludes halogenated alkanes) is 2. The molecule has 0 spiro atoms. The molecule has 1 aliphatic heterocycles. The van der Waals surface area contributed by atoms with Gasteiger partial charge in [0, 0.05) is 0 Å². The van der Waals surface area contributed by atoms with Gasteiger partial charge in [-0.2, -0.15) is 4.31 Å². The van der Waals surface area contributed by atoms with Gasteiger partial charge in [-0.05, 0) is 12.8 Å². The number of phosphoric acid groups is 2. The highest BCUT2D eigenvalue weighted by atomic mass is 31.3. The van der Waals surface area contributed by atoms with Crippen LogP contribution in [0.2, 0.25) is 0 Å². The van der Waals surface area contributed by atoms with E-state index in [-0.39, 0.29) is 13.2 Å².